The molecule has 5 unspecified atom stereocenters. The number of aliphatic hydroxyl groups excluding tert-OH is 2. The van der Waals surface area contributed by atoms with Crippen molar-refractivity contribution >= 4 is 27.4 Å². The minimum atomic E-state index is -3.64. The standard InChI is InChI=1S/C14H14O6S2/c1-6-9(15)10(16)12-13(19-6)20-11-7-4-2-3-5-8(7)22(17,18)14(11)21-12/h2-6,9-10,12-13,15-16H,1H3. The van der Waals surface area contributed by atoms with Gasteiger partial charge in [-0.05, 0) is 19.1 Å². The van der Waals surface area contributed by atoms with E-state index in [2.05, 4.69) is 0 Å². The number of sulfone groups is 1. The quantitative estimate of drug-likeness (QED) is 0.717. The summed E-state index contributed by atoms with van der Waals surface area (Å²) < 4.78 is 36.6. The Hall–Kier alpha value is -1.06. The summed E-state index contributed by atoms with van der Waals surface area (Å²) in [7, 11) is -3.64. The molecule has 3 heterocycles. The van der Waals surface area contributed by atoms with Crippen LogP contribution < -0.4 is 0 Å². The Labute approximate surface area is 131 Å². The van der Waals surface area contributed by atoms with E-state index in [0.29, 0.717) is 5.56 Å². The van der Waals surface area contributed by atoms with Gasteiger partial charge in [0.1, 0.15) is 21.7 Å². The van der Waals surface area contributed by atoms with Gasteiger partial charge in [-0.1, -0.05) is 23.9 Å². The zero-order valence-electron chi connectivity index (χ0n) is 11.5. The largest absolute Gasteiger partial charge is 0.461 e. The van der Waals surface area contributed by atoms with Crippen LogP contribution in [0, 0.1) is 0 Å². The number of ether oxygens (including phenoxy) is 2. The van der Waals surface area contributed by atoms with Crippen LogP contribution in [0.25, 0.3) is 5.76 Å². The van der Waals surface area contributed by atoms with Gasteiger partial charge < -0.3 is 19.7 Å². The lowest BCUT2D eigenvalue weighted by molar-refractivity contribution is -0.220. The van der Waals surface area contributed by atoms with E-state index in [1.54, 1.807) is 25.1 Å². The molecule has 22 heavy (non-hydrogen) atoms. The molecule has 3 aliphatic rings. The molecule has 0 aromatic heterocycles. The van der Waals surface area contributed by atoms with Crippen molar-refractivity contribution in [2.24, 2.45) is 0 Å². The van der Waals surface area contributed by atoms with E-state index >= 15 is 0 Å². The summed E-state index contributed by atoms with van der Waals surface area (Å²) in [5.41, 5.74) is 0.514. The lowest BCUT2D eigenvalue weighted by atomic mass is 10.0. The first-order chi connectivity index (χ1) is 10.4. The minimum Gasteiger partial charge on any atom is -0.461 e. The van der Waals surface area contributed by atoms with Crippen LogP contribution in [0.15, 0.2) is 33.4 Å². The van der Waals surface area contributed by atoms with Crippen LogP contribution in [0.4, 0.5) is 0 Å². The van der Waals surface area contributed by atoms with E-state index in [4.69, 9.17) is 9.47 Å². The molecule has 1 saturated heterocycles. The van der Waals surface area contributed by atoms with Crippen molar-refractivity contribution in [2.45, 2.75) is 41.7 Å². The number of thioether (sulfide) groups is 1. The van der Waals surface area contributed by atoms with E-state index in [0.717, 1.165) is 11.8 Å². The van der Waals surface area contributed by atoms with Gasteiger partial charge in [-0.3, -0.25) is 0 Å². The minimum absolute atomic E-state index is 0.0827. The summed E-state index contributed by atoms with van der Waals surface area (Å²) in [5, 5.41) is 19.4. The third-order valence-electron chi connectivity index (χ3n) is 4.11. The SMILES string of the molecule is CC1OC2OC3=C(SC2C(O)C1O)S(=O)(=O)c1ccccc13. The Morgan fingerprint density at radius 1 is 1.18 bits per heavy atom. The zero-order valence-corrected chi connectivity index (χ0v) is 13.2. The summed E-state index contributed by atoms with van der Waals surface area (Å²) in [4.78, 5) is 0.203. The maximum Gasteiger partial charge on any atom is 0.217 e. The number of hydrogen-bond acceptors (Lipinski definition) is 7. The van der Waals surface area contributed by atoms with Crippen LogP contribution in [0.5, 0.6) is 0 Å². The highest BCUT2D eigenvalue weighted by atomic mass is 32.3. The Morgan fingerprint density at radius 3 is 2.68 bits per heavy atom. The van der Waals surface area contributed by atoms with Gasteiger partial charge in [0.2, 0.25) is 16.1 Å². The van der Waals surface area contributed by atoms with Crippen molar-refractivity contribution in [2.75, 3.05) is 0 Å². The summed E-state index contributed by atoms with van der Waals surface area (Å²) in [6, 6.07) is 6.62. The molecule has 8 heteroatoms. The maximum absolute atomic E-state index is 12.6. The fourth-order valence-electron chi connectivity index (χ4n) is 2.91. The second-order valence-electron chi connectivity index (χ2n) is 5.51. The molecule has 5 atom stereocenters. The first-order valence-corrected chi connectivity index (χ1v) is 9.21. The maximum atomic E-state index is 12.6. The van der Waals surface area contributed by atoms with Crippen LogP contribution in [0.1, 0.15) is 12.5 Å². The van der Waals surface area contributed by atoms with Crippen LogP contribution >= 0.6 is 11.8 Å². The molecule has 3 aliphatic heterocycles. The fraction of sp³-hybridized carbons (Fsp3) is 0.429. The lowest BCUT2D eigenvalue weighted by Gasteiger charge is -2.43. The Kier molecular flexibility index (Phi) is 3.11. The molecule has 0 saturated carbocycles. The first-order valence-electron chi connectivity index (χ1n) is 6.85. The topological polar surface area (TPSA) is 93.1 Å². The molecule has 0 bridgehead atoms. The summed E-state index contributed by atoms with van der Waals surface area (Å²) >= 11 is 0.995. The summed E-state index contributed by atoms with van der Waals surface area (Å²) in [5.74, 6) is 0.276. The van der Waals surface area contributed by atoms with Gasteiger partial charge in [0, 0.05) is 5.56 Å². The van der Waals surface area contributed by atoms with E-state index in [1.807, 2.05) is 0 Å². The highest BCUT2D eigenvalue weighted by Crippen LogP contribution is 2.52. The average Bonchev–Trinajstić information content (AvgIpc) is 2.72. The molecule has 0 amide bonds. The highest BCUT2D eigenvalue weighted by molar-refractivity contribution is 8.19. The predicted octanol–water partition coefficient (Wildman–Crippen LogP) is 0.699. The third kappa shape index (κ3) is 1.82. The molecule has 1 aromatic carbocycles. The monoisotopic (exact) mass is 342 g/mol. The number of fused-ring (bicyclic) bond motifs is 3. The smallest absolute Gasteiger partial charge is 0.217 e. The summed E-state index contributed by atoms with van der Waals surface area (Å²) in [6.45, 7) is 1.64. The van der Waals surface area contributed by atoms with Crippen LogP contribution in [-0.4, -0.2) is 48.5 Å². The second kappa shape index (κ2) is 4.72. The van der Waals surface area contributed by atoms with Crippen molar-refractivity contribution in [1.29, 1.82) is 0 Å². The normalized spacial score (nSPS) is 38.8. The molecule has 0 aliphatic carbocycles. The zero-order chi connectivity index (χ0) is 15.6. The van der Waals surface area contributed by atoms with E-state index in [9.17, 15) is 18.6 Å². The number of rotatable bonds is 0. The molecule has 0 radical (unpaired) electrons. The molecule has 6 nitrogen and oxygen atoms in total. The van der Waals surface area contributed by atoms with Crippen molar-refractivity contribution in [3.63, 3.8) is 0 Å². The second-order valence-corrected chi connectivity index (χ2v) is 8.81. The Morgan fingerprint density at radius 2 is 1.91 bits per heavy atom. The highest BCUT2D eigenvalue weighted by Gasteiger charge is 2.52. The van der Waals surface area contributed by atoms with Crippen LogP contribution in [0.3, 0.4) is 0 Å². The van der Waals surface area contributed by atoms with Crippen LogP contribution in [0.2, 0.25) is 0 Å². The molecule has 4 rings (SSSR count). The van der Waals surface area contributed by atoms with Gasteiger partial charge in [-0.2, -0.15) is 0 Å². The van der Waals surface area contributed by atoms with Crippen molar-refractivity contribution in [3.05, 3.63) is 34.1 Å². The van der Waals surface area contributed by atoms with Gasteiger partial charge in [0.05, 0.1) is 11.0 Å². The average molecular weight is 342 g/mol. The molecule has 0 spiro atoms. The van der Waals surface area contributed by atoms with Gasteiger partial charge in [0.15, 0.2) is 5.76 Å². The van der Waals surface area contributed by atoms with Crippen molar-refractivity contribution in [1.82, 2.24) is 0 Å². The molecule has 2 N–H and O–H groups in total. The van der Waals surface area contributed by atoms with Crippen molar-refractivity contribution < 1.29 is 28.1 Å². The van der Waals surface area contributed by atoms with E-state index in [1.165, 1.54) is 6.07 Å². The number of hydrogen-bond donors (Lipinski definition) is 2. The van der Waals surface area contributed by atoms with E-state index in [-0.39, 0.29) is 14.9 Å². The number of aliphatic hydroxyl groups is 2. The predicted molar refractivity (Wildman–Crippen MR) is 79.4 cm³/mol. The van der Waals surface area contributed by atoms with Gasteiger partial charge in [0.25, 0.3) is 0 Å². The van der Waals surface area contributed by atoms with Gasteiger partial charge in [-0.15, -0.1) is 0 Å². The third-order valence-corrected chi connectivity index (χ3v) is 7.84. The molecule has 1 aromatic rings. The Bertz CT molecular complexity index is 771. The van der Waals surface area contributed by atoms with Gasteiger partial charge >= 0.3 is 0 Å². The Balaban J connectivity index is 1.81. The molecular formula is C14H14O6S2. The van der Waals surface area contributed by atoms with Crippen molar-refractivity contribution in [3.8, 4) is 0 Å². The summed E-state index contributed by atoms with van der Waals surface area (Å²) in [6.07, 6.45) is -3.58. The lowest BCUT2D eigenvalue weighted by Crippen LogP contribution is -2.56. The molecular weight excluding hydrogens is 328 g/mol. The molecule has 118 valence electrons. The van der Waals surface area contributed by atoms with Gasteiger partial charge in [-0.25, -0.2) is 8.42 Å². The van der Waals surface area contributed by atoms with Crippen LogP contribution in [-0.2, 0) is 19.3 Å². The fourth-order valence-corrected chi connectivity index (χ4v) is 6.37. The van der Waals surface area contributed by atoms with E-state index < -0.39 is 39.7 Å². The number of benzene rings is 1. The molecule has 1 fully saturated rings. The first kappa shape index (κ1) is 14.5.